The van der Waals surface area contributed by atoms with Gasteiger partial charge in [-0.1, -0.05) is 36.4 Å². The van der Waals surface area contributed by atoms with Gasteiger partial charge in [-0.3, -0.25) is 9.59 Å². The van der Waals surface area contributed by atoms with E-state index in [2.05, 4.69) is 20.1 Å². The summed E-state index contributed by atoms with van der Waals surface area (Å²) in [5.41, 5.74) is -0.590. The van der Waals surface area contributed by atoms with Crippen molar-refractivity contribution in [2.45, 2.75) is 24.3 Å². The molecule has 2 amide bonds. The van der Waals surface area contributed by atoms with E-state index in [1.807, 2.05) is 0 Å². The molecular formula is C20H18F4N2O4. The fourth-order valence-corrected chi connectivity index (χ4v) is 3.21. The summed E-state index contributed by atoms with van der Waals surface area (Å²) >= 11 is 0. The molecule has 0 saturated carbocycles. The fraction of sp³-hybridized carbons (Fsp3) is 0.300. The molecule has 2 heterocycles. The number of hydrogen-bond donors (Lipinski definition) is 2. The minimum Gasteiger partial charge on any atom is -0.355 e. The number of carbonyl (C=O) groups is 2. The van der Waals surface area contributed by atoms with Gasteiger partial charge in [0.15, 0.2) is 12.5 Å². The lowest BCUT2D eigenvalue weighted by Gasteiger charge is -2.32. The first-order chi connectivity index (χ1) is 14.1. The van der Waals surface area contributed by atoms with Crippen LogP contribution in [0.1, 0.15) is 31.8 Å². The molecule has 2 atom stereocenters. The van der Waals surface area contributed by atoms with Gasteiger partial charge in [0.25, 0.3) is 11.8 Å². The average Bonchev–Trinajstić information content (AvgIpc) is 2.74. The number of methoxy groups -OCH3 is 2. The van der Waals surface area contributed by atoms with Crippen molar-refractivity contribution in [1.29, 1.82) is 0 Å². The average molecular weight is 426 g/mol. The maximum absolute atomic E-state index is 13.7. The van der Waals surface area contributed by atoms with E-state index in [1.165, 1.54) is 36.4 Å². The summed E-state index contributed by atoms with van der Waals surface area (Å²) < 4.78 is 63.9. The summed E-state index contributed by atoms with van der Waals surface area (Å²) in [7, 11) is 2.26. The Kier molecular flexibility index (Phi) is 5.82. The monoisotopic (exact) mass is 426 g/mol. The quantitative estimate of drug-likeness (QED) is 0.724. The highest BCUT2D eigenvalue weighted by Crippen LogP contribution is 2.38. The number of alkyl halides is 4. The third kappa shape index (κ3) is 3.63. The highest BCUT2D eigenvalue weighted by molar-refractivity contribution is 5.98. The van der Waals surface area contributed by atoms with Gasteiger partial charge in [-0.05, 0) is 12.1 Å². The zero-order chi connectivity index (χ0) is 22.1. The van der Waals surface area contributed by atoms with Gasteiger partial charge < -0.3 is 20.1 Å². The summed E-state index contributed by atoms with van der Waals surface area (Å²) in [6.07, 6.45) is -3.19. The van der Waals surface area contributed by atoms with Crippen molar-refractivity contribution in [3.8, 4) is 0 Å². The van der Waals surface area contributed by atoms with Crippen LogP contribution in [-0.4, -0.2) is 38.5 Å². The Bertz CT molecular complexity index is 890. The smallest absolute Gasteiger partial charge is 0.317 e. The highest BCUT2D eigenvalue weighted by atomic mass is 19.3. The lowest BCUT2D eigenvalue weighted by molar-refractivity contribution is -0.144. The Hall–Kier alpha value is -2.98. The zero-order valence-corrected chi connectivity index (χ0v) is 15.9. The summed E-state index contributed by atoms with van der Waals surface area (Å²) in [5, 5.41) is 4.20. The van der Waals surface area contributed by atoms with E-state index in [1.54, 1.807) is 12.1 Å². The molecule has 0 aromatic heterocycles. The molecule has 4 rings (SSSR count). The van der Waals surface area contributed by atoms with E-state index in [4.69, 9.17) is 0 Å². The molecule has 0 radical (unpaired) electrons. The van der Waals surface area contributed by atoms with Crippen LogP contribution in [0.2, 0.25) is 0 Å². The zero-order valence-electron chi connectivity index (χ0n) is 15.9. The molecule has 2 N–H and O–H groups in total. The van der Waals surface area contributed by atoms with Crippen molar-refractivity contribution in [2.75, 3.05) is 14.2 Å². The number of nitrogens with one attached hydrogen (secondary N) is 2. The van der Waals surface area contributed by atoms with Gasteiger partial charge >= 0.3 is 11.8 Å². The number of hydrogen-bond acceptors (Lipinski definition) is 4. The molecule has 10 heteroatoms. The SMILES string of the molecule is CO[C@H]1NC(=O)c2ccccc2C1(F)F.CO[C@H]1NC(=O)c2ccccc2C1(F)F. The minimum atomic E-state index is -3.20. The van der Waals surface area contributed by atoms with Crippen molar-refractivity contribution in [3.63, 3.8) is 0 Å². The van der Waals surface area contributed by atoms with Gasteiger partial charge in [0, 0.05) is 36.5 Å². The van der Waals surface area contributed by atoms with Crippen LogP contribution >= 0.6 is 0 Å². The first-order valence-electron chi connectivity index (χ1n) is 8.76. The van der Waals surface area contributed by atoms with Crippen LogP contribution in [0.3, 0.4) is 0 Å². The van der Waals surface area contributed by atoms with E-state index in [0.717, 1.165) is 14.2 Å². The molecule has 0 saturated heterocycles. The molecule has 0 spiro atoms. The van der Waals surface area contributed by atoms with Gasteiger partial charge in [-0.2, -0.15) is 17.6 Å². The number of carbonyl (C=O) groups excluding carboxylic acids is 2. The van der Waals surface area contributed by atoms with Gasteiger partial charge in [-0.15, -0.1) is 0 Å². The molecule has 0 fully saturated rings. The maximum atomic E-state index is 13.7. The second kappa shape index (κ2) is 8.04. The minimum absolute atomic E-state index is 0.00389. The Morgan fingerprint density at radius 1 is 0.700 bits per heavy atom. The predicted octanol–water partition coefficient (Wildman–Crippen LogP) is 2.99. The van der Waals surface area contributed by atoms with E-state index in [-0.39, 0.29) is 22.3 Å². The van der Waals surface area contributed by atoms with Gasteiger partial charge in [0.1, 0.15) is 0 Å². The van der Waals surface area contributed by atoms with Crippen LogP contribution in [0.4, 0.5) is 17.6 Å². The Labute approximate surface area is 169 Å². The van der Waals surface area contributed by atoms with E-state index in [9.17, 15) is 27.2 Å². The number of amides is 2. The van der Waals surface area contributed by atoms with Crippen LogP contribution < -0.4 is 10.6 Å². The Balaban J connectivity index is 0.000000171. The van der Waals surface area contributed by atoms with Crippen LogP contribution in [0.5, 0.6) is 0 Å². The van der Waals surface area contributed by atoms with Crippen LogP contribution in [-0.2, 0) is 21.3 Å². The maximum Gasteiger partial charge on any atom is 0.317 e. The topological polar surface area (TPSA) is 76.7 Å². The van der Waals surface area contributed by atoms with E-state index >= 15 is 0 Å². The number of fused-ring (bicyclic) bond motifs is 2. The molecule has 2 aromatic rings. The molecule has 2 aliphatic heterocycles. The van der Waals surface area contributed by atoms with E-state index in [0.29, 0.717) is 0 Å². The van der Waals surface area contributed by atoms with E-state index < -0.39 is 36.1 Å². The summed E-state index contributed by atoms with van der Waals surface area (Å²) in [6.45, 7) is 0. The predicted molar refractivity (Wildman–Crippen MR) is 97.2 cm³/mol. The molecule has 0 aliphatic carbocycles. The first-order valence-corrected chi connectivity index (χ1v) is 8.76. The molecule has 0 bridgehead atoms. The van der Waals surface area contributed by atoms with Crippen LogP contribution in [0.15, 0.2) is 48.5 Å². The molecule has 160 valence electrons. The molecule has 6 nitrogen and oxygen atoms in total. The highest BCUT2D eigenvalue weighted by Gasteiger charge is 2.49. The fourth-order valence-electron chi connectivity index (χ4n) is 3.21. The van der Waals surface area contributed by atoms with Crippen molar-refractivity contribution >= 4 is 11.8 Å². The van der Waals surface area contributed by atoms with Crippen molar-refractivity contribution in [3.05, 3.63) is 70.8 Å². The Morgan fingerprint density at radius 3 is 1.37 bits per heavy atom. The third-order valence-corrected chi connectivity index (χ3v) is 4.72. The van der Waals surface area contributed by atoms with Crippen molar-refractivity contribution in [1.82, 2.24) is 10.6 Å². The summed E-state index contributed by atoms with van der Waals surface area (Å²) in [6, 6.07) is 11.2. The normalized spacial score (nSPS) is 23.1. The van der Waals surface area contributed by atoms with Gasteiger partial charge in [0.05, 0.1) is 0 Å². The first kappa shape index (κ1) is 21.7. The summed E-state index contributed by atoms with van der Waals surface area (Å²) in [5.74, 6) is -7.47. The standard InChI is InChI=1S/2C10H9F2NO2/c2*1-15-9-10(11,12)7-5-3-2-4-6(7)8(14)13-9/h2*2-5,9H,1H3,(H,13,14)/t2*9-/m11/s1. The van der Waals surface area contributed by atoms with Gasteiger partial charge in [0.2, 0.25) is 0 Å². The van der Waals surface area contributed by atoms with Crippen LogP contribution in [0.25, 0.3) is 0 Å². The molecular weight excluding hydrogens is 408 g/mol. The molecule has 0 unspecified atom stereocenters. The lowest BCUT2D eigenvalue weighted by Crippen LogP contribution is -2.52. The second-order valence-corrected chi connectivity index (χ2v) is 6.52. The molecule has 2 aliphatic rings. The second-order valence-electron chi connectivity index (χ2n) is 6.52. The number of ether oxygens (including phenoxy) is 2. The van der Waals surface area contributed by atoms with Gasteiger partial charge in [-0.25, -0.2) is 0 Å². The largest absolute Gasteiger partial charge is 0.355 e. The molecule has 2 aromatic carbocycles. The number of benzene rings is 2. The van der Waals surface area contributed by atoms with Crippen molar-refractivity contribution in [2.24, 2.45) is 0 Å². The lowest BCUT2D eigenvalue weighted by atomic mass is 9.96. The number of rotatable bonds is 2. The third-order valence-electron chi connectivity index (χ3n) is 4.72. The Morgan fingerprint density at radius 2 is 1.03 bits per heavy atom. The number of halogens is 4. The van der Waals surface area contributed by atoms with Crippen LogP contribution in [0, 0.1) is 0 Å². The molecule has 30 heavy (non-hydrogen) atoms. The summed E-state index contributed by atoms with van der Waals surface area (Å²) in [4.78, 5) is 22.8. The van der Waals surface area contributed by atoms with Crippen molar-refractivity contribution < 1.29 is 36.6 Å².